The normalized spacial score (nSPS) is 20.0. The van der Waals surface area contributed by atoms with E-state index in [-0.39, 0.29) is 25.2 Å². The van der Waals surface area contributed by atoms with Gasteiger partial charge in [0.2, 0.25) is 6.79 Å². The Hall–Kier alpha value is -1.80. The highest BCUT2D eigenvalue weighted by molar-refractivity contribution is 6.32. The topological polar surface area (TPSA) is 72.7 Å². The molecular formula is C16H18Cl2N4O3. The molecule has 1 unspecified atom stereocenters. The maximum atomic E-state index is 6.18. The summed E-state index contributed by atoms with van der Waals surface area (Å²) < 4.78 is 16.0. The molecule has 7 nitrogen and oxygen atoms in total. The third-order valence-electron chi connectivity index (χ3n) is 4.13. The fourth-order valence-corrected chi connectivity index (χ4v) is 3.07. The minimum Gasteiger partial charge on any atom is -0.454 e. The molecule has 0 aliphatic carbocycles. The number of halogens is 2. The van der Waals surface area contributed by atoms with Crippen LogP contribution in [-0.4, -0.2) is 48.5 Å². The largest absolute Gasteiger partial charge is 0.454 e. The van der Waals surface area contributed by atoms with Gasteiger partial charge >= 0.3 is 0 Å². The van der Waals surface area contributed by atoms with E-state index < -0.39 is 0 Å². The predicted octanol–water partition coefficient (Wildman–Crippen LogP) is 2.62. The Kier molecular flexibility index (Phi) is 5.48. The highest BCUT2D eigenvalue weighted by Crippen LogP contribution is 2.40. The molecule has 3 heterocycles. The molecule has 1 aromatic carbocycles. The SMILES string of the molecule is CN1CCNCC1c1noc(/C=C/c2cc(Cl)c3c(c2)OCO3)n1.Cl. The Morgan fingerprint density at radius 2 is 2.20 bits per heavy atom. The minimum absolute atomic E-state index is 0. The average molecular weight is 385 g/mol. The van der Waals surface area contributed by atoms with Crippen molar-refractivity contribution in [3.05, 3.63) is 34.4 Å². The maximum absolute atomic E-state index is 6.18. The molecule has 2 aromatic rings. The van der Waals surface area contributed by atoms with Crippen LogP contribution in [0.1, 0.15) is 23.3 Å². The van der Waals surface area contributed by atoms with Gasteiger partial charge < -0.3 is 19.3 Å². The van der Waals surface area contributed by atoms with Crippen LogP contribution in [0.5, 0.6) is 11.5 Å². The van der Waals surface area contributed by atoms with Gasteiger partial charge in [0.1, 0.15) is 0 Å². The molecule has 0 radical (unpaired) electrons. The summed E-state index contributed by atoms with van der Waals surface area (Å²) in [5.74, 6) is 2.37. The second-order valence-corrected chi connectivity index (χ2v) is 6.17. The lowest BCUT2D eigenvalue weighted by atomic mass is 10.2. The summed E-state index contributed by atoms with van der Waals surface area (Å²) in [6.45, 7) is 2.94. The van der Waals surface area contributed by atoms with E-state index in [9.17, 15) is 0 Å². The van der Waals surface area contributed by atoms with E-state index in [0.29, 0.717) is 28.2 Å². The Morgan fingerprint density at radius 1 is 1.32 bits per heavy atom. The van der Waals surface area contributed by atoms with E-state index in [0.717, 1.165) is 25.2 Å². The number of piperazine rings is 1. The van der Waals surface area contributed by atoms with E-state index in [2.05, 4.69) is 27.4 Å². The number of aromatic nitrogens is 2. The second kappa shape index (κ2) is 7.61. The quantitative estimate of drug-likeness (QED) is 0.871. The highest BCUT2D eigenvalue weighted by Gasteiger charge is 2.24. The van der Waals surface area contributed by atoms with Gasteiger partial charge in [-0.2, -0.15) is 4.98 Å². The molecule has 2 aliphatic rings. The molecule has 0 spiro atoms. The summed E-state index contributed by atoms with van der Waals surface area (Å²) in [5, 5.41) is 7.95. The number of hydrogen-bond acceptors (Lipinski definition) is 7. The number of likely N-dealkylation sites (N-methyl/N-ethyl adjacent to an activating group) is 1. The van der Waals surface area contributed by atoms with Gasteiger partial charge in [-0.05, 0) is 30.8 Å². The molecular weight excluding hydrogens is 367 g/mol. The number of ether oxygens (including phenoxy) is 2. The van der Waals surface area contributed by atoms with E-state index in [1.54, 1.807) is 6.08 Å². The monoisotopic (exact) mass is 384 g/mol. The number of rotatable bonds is 3. The van der Waals surface area contributed by atoms with E-state index in [1.807, 2.05) is 18.2 Å². The third kappa shape index (κ3) is 3.74. The Morgan fingerprint density at radius 3 is 3.04 bits per heavy atom. The fraction of sp³-hybridized carbons (Fsp3) is 0.375. The van der Waals surface area contributed by atoms with E-state index in [4.69, 9.17) is 25.6 Å². The molecule has 2 aliphatic heterocycles. The van der Waals surface area contributed by atoms with Crippen LogP contribution in [0, 0.1) is 0 Å². The fourth-order valence-electron chi connectivity index (χ4n) is 2.80. The summed E-state index contributed by atoms with van der Waals surface area (Å²) in [6, 6.07) is 3.80. The first-order valence-corrected chi connectivity index (χ1v) is 8.10. The Labute approximate surface area is 156 Å². The summed E-state index contributed by atoms with van der Waals surface area (Å²) in [4.78, 5) is 6.67. The zero-order valence-electron chi connectivity index (χ0n) is 13.6. The van der Waals surface area contributed by atoms with Crippen molar-refractivity contribution in [2.24, 2.45) is 0 Å². The smallest absolute Gasteiger partial charge is 0.250 e. The molecule has 25 heavy (non-hydrogen) atoms. The lowest BCUT2D eigenvalue weighted by Gasteiger charge is -2.30. The van der Waals surface area contributed by atoms with Gasteiger partial charge in [0.15, 0.2) is 17.3 Å². The number of hydrogen-bond donors (Lipinski definition) is 1. The summed E-state index contributed by atoms with van der Waals surface area (Å²) in [7, 11) is 2.06. The van der Waals surface area contributed by atoms with Crippen LogP contribution in [-0.2, 0) is 0 Å². The van der Waals surface area contributed by atoms with Crippen LogP contribution in [0.25, 0.3) is 12.2 Å². The van der Waals surface area contributed by atoms with Crippen LogP contribution in [0.2, 0.25) is 5.02 Å². The van der Waals surface area contributed by atoms with Crippen molar-refractivity contribution in [2.75, 3.05) is 33.5 Å². The summed E-state index contributed by atoms with van der Waals surface area (Å²) >= 11 is 6.18. The lowest BCUT2D eigenvalue weighted by molar-refractivity contribution is 0.174. The molecule has 0 saturated carbocycles. The molecule has 1 aromatic heterocycles. The molecule has 0 bridgehead atoms. The number of nitrogens with zero attached hydrogens (tertiary/aromatic N) is 3. The van der Waals surface area contributed by atoms with E-state index >= 15 is 0 Å². The zero-order valence-corrected chi connectivity index (χ0v) is 15.1. The van der Waals surface area contributed by atoms with Crippen LogP contribution >= 0.6 is 24.0 Å². The first kappa shape index (κ1) is 18.0. The molecule has 1 atom stereocenters. The zero-order chi connectivity index (χ0) is 16.5. The van der Waals surface area contributed by atoms with Gasteiger partial charge in [-0.15, -0.1) is 12.4 Å². The first-order valence-electron chi connectivity index (χ1n) is 7.72. The van der Waals surface area contributed by atoms with Crippen molar-refractivity contribution in [1.82, 2.24) is 20.4 Å². The Balaban J connectivity index is 0.00000182. The van der Waals surface area contributed by atoms with Crippen LogP contribution < -0.4 is 14.8 Å². The molecule has 9 heteroatoms. The van der Waals surface area contributed by atoms with Gasteiger partial charge in [0.05, 0.1) is 11.1 Å². The number of fused-ring (bicyclic) bond motifs is 1. The number of benzene rings is 1. The predicted molar refractivity (Wildman–Crippen MR) is 96.3 cm³/mol. The second-order valence-electron chi connectivity index (χ2n) is 5.76. The lowest BCUT2D eigenvalue weighted by Crippen LogP contribution is -2.44. The third-order valence-corrected chi connectivity index (χ3v) is 4.42. The molecule has 1 N–H and O–H groups in total. The van der Waals surface area contributed by atoms with Crippen molar-refractivity contribution >= 4 is 36.2 Å². The van der Waals surface area contributed by atoms with Crippen LogP contribution in [0.3, 0.4) is 0 Å². The number of nitrogens with one attached hydrogen (secondary N) is 1. The van der Waals surface area contributed by atoms with Crippen molar-refractivity contribution < 1.29 is 14.0 Å². The van der Waals surface area contributed by atoms with Crippen LogP contribution in [0.4, 0.5) is 0 Å². The first-order chi connectivity index (χ1) is 11.7. The van der Waals surface area contributed by atoms with Gasteiger partial charge in [0.25, 0.3) is 5.89 Å². The van der Waals surface area contributed by atoms with E-state index in [1.165, 1.54) is 0 Å². The van der Waals surface area contributed by atoms with Crippen molar-refractivity contribution in [3.8, 4) is 11.5 Å². The van der Waals surface area contributed by atoms with Gasteiger partial charge in [-0.25, -0.2) is 0 Å². The summed E-state index contributed by atoms with van der Waals surface area (Å²) in [6.07, 6.45) is 3.62. The highest BCUT2D eigenvalue weighted by atomic mass is 35.5. The van der Waals surface area contributed by atoms with Crippen molar-refractivity contribution in [2.45, 2.75) is 6.04 Å². The van der Waals surface area contributed by atoms with Gasteiger partial charge in [-0.1, -0.05) is 16.8 Å². The molecule has 1 fully saturated rings. The Bertz CT molecular complexity index is 781. The van der Waals surface area contributed by atoms with Crippen LogP contribution in [0.15, 0.2) is 16.7 Å². The van der Waals surface area contributed by atoms with Gasteiger partial charge in [-0.3, -0.25) is 4.90 Å². The average Bonchev–Trinajstić information content (AvgIpc) is 3.22. The molecule has 134 valence electrons. The molecule has 1 saturated heterocycles. The molecule has 0 amide bonds. The van der Waals surface area contributed by atoms with Crippen molar-refractivity contribution in [3.63, 3.8) is 0 Å². The molecule has 4 rings (SSSR count). The maximum Gasteiger partial charge on any atom is 0.250 e. The minimum atomic E-state index is 0. The standard InChI is InChI=1S/C16H17ClN4O3.ClH/c1-21-5-4-18-8-12(21)16-19-14(24-20-16)3-2-10-6-11(17)15-13(7-10)22-9-23-15;/h2-3,6-7,12,18H,4-5,8-9H2,1H3;1H/b3-2+;. The summed E-state index contributed by atoms with van der Waals surface area (Å²) in [5.41, 5.74) is 0.875. The van der Waals surface area contributed by atoms with Gasteiger partial charge in [0, 0.05) is 25.7 Å². The van der Waals surface area contributed by atoms with Crippen molar-refractivity contribution in [1.29, 1.82) is 0 Å².